The highest BCUT2D eigenvalue weighted by atomic mass is 16.4. The minimum absolute atomic E-state index is 0.0509. The van der Waals surface area contributed by atoms with Gasteiger partial charge in [-0.1, -0.05) is 6.92 Å². The van der Waals surface area contributed by atoms with Gasteiger partial charge in [-0.2, -0.15) is 0 Å². The van der Waals surface area contributed by atoms with Gasteiger partial charge < -0.3 is 24.6 Å². The second-order valence-corrected chi connectivity index (χ2v) is 7.03. The minimum atomic E-state index is -0.812. The number of hydrogen-bond acceptors (Lipinski definition) is 5. The standard InChI is InChI=1S/C18H30N4O4/c1-4-21(13-17(23)24)15-10-14(11-15)19-18(25)22(8-7-20(2)3)12-16-6-5-9-26-16/h5-6,9,14-15H,4,7-8,10-13H2,1-3H3,(H,19,25)(H,23,24). The van der Waals surface area contributed by atoms with Crippen molar-refractivity contribution in [1.82, 2.24) is 20.0 Å². The molecule has 2 N–H and O–H groups in total. The van der Waals surface area contributed by atoms with Gasteiger partial charge in [-0.05, 0) is 45.6 Å². The Labute approximate surface area is 154 Å². The molecule has 1 aromatic heterocycles. The number of likely N-dealkylation sites (N-methyl/N-ethyl adjacent to an activating group) is 2. The third-order valence-electron chi connectivity index (χ3n) is 4.73. The number of urea groups is 1. The van der Waals surface area contributed by atoms with Crippen LogP contribution in [0.3, 0.4) is 0 Å². The van der Waals surface area contributed by atoms with E-state index in [1.54, 1.807) is 11.2 Å². The van der Waals surface area contributed by atoms with Crippen LogP contribution in [0.1, 0.15) is 25.5 Å². The predicted molar refractivity (Wildman–Crippen MR) is 97.9 cm³/mol. The van der Waals surface area contributed by atoms with E-state index in [9.17, 15) is 9.59 Å². The summed E-state index contributed by atoms with van der Waals surface area (Å²) in [6.45, 7) is 4.52. The molecule has 0 bridgehead atoms. The molecule has 0 saturated heterocycles. The minimum Gasteiger partial charge on any atom is -0.480 e. The number of nitrogens with one attached hydrogen (secondary N) is 1. The SMILES string of the molecule is CCN(CC(=O)O)C1CC(NC(=O)N(CCN(C)C)Cc2ccco2)C1. The van der Waals surface area contributed by atoms with Crippen LogP contribution in [0.25, 0.3) is 0 Å². The second kappa shape index (κ2) is 9.59. The van der Waals surface area contributed by atoms with Crippen molar-refractivity contribution < 1.29 is 19.1 Å². The summed E-state index contributed by atoms with van der Waals surface area (Å²) in [6, 6.07) is 3.89. The van der Waals surface area contributed by atoms with Crippen LogP contribution in [0.2, 0.25) is 0 Å². The fourth-order valence-corrected chi connectivity index (χ4v) is 3.11. The molecule has 146 valence electrons. The fraction of sp³-hybridized carbons (Fsp3) is 0.667. The van der Waals surface area contributed by atoms with Crippen LogP contribution in [0.4, 0.5) is 4.79 Å². The number of carboxylic acids is 1. The smallest absolute Gasteiger partial charge is 0.318 e. The zero-order chi connectivity index (χ0) is 19.1. The van der Waals surface area contributed by atoms with Crippen molar-refractivity contribution in [3.05, 3.63) is 24.2 Å². The fourth-order valence-electron chi connectivity index (χ4n) is 3.11. The molecule has 0 atom stereocenters. The number of nitrogens with zero attached hydrogens (tertiary/aromatic N) is 3. The Morgan fingerprint density at radius 2 is 2.04 bits per heavy atom. The normalized spacial score (nSPS) is 19.4. The highest BCUT2D eigenvalue weighted by Crippen LogP contribution is 2.25. The molecule has 1 saturated carbocycles. The first-order chi connectivity index (χ1) is 12.4. The van der Waals surface area contributed by atoms with Crippen LogP contribution in [-0.4, -0.2) is 84.2 Å². The Balaban J connectivity index is 1.84. The zero-order valence-electron chi connectivity index (χ0n) is 15.9. The maximum absolute atomic E-state index is 12.7. The molecule has 2 amide bonds. The molecule has 2 rings (SSSR count). The maximum atomic E-state index is 12.7. The summed E-state index contributed by atoms with van der Waals surface area (Å²) in [4.78, 5) is 29.3. The summed E-state index contributed by atoms with van der Waals surface area (Å²) in [5, 5.41) is 12.0. The Hall–Kier alpha value is -2.06. The summed E-state index contributed by atoms with van der Waals surface area (Å²) >= 11 is 0. The van der Waals surface area contributed by atoms with Crippen LogP contribution in [-0.2, 0) is 11.3 Å². The van der Waals surface area contributed by atoms with Gasteiger partial charge in [-0.15, -0.1) is 0 Å². The summed E-state index contributed by atoms with van der Waals surface area (Å²) in [7, 11) is 3.95. The zero-order valence-corrected chi connectivity index (χ0v) is 15.9. The summed E-state index contributed by atoms with van der Waals surface area (Å²) < 4.78 is 5.37. The second-order valence-electron chi connectivity index (χ2n) is 7.03. The number of aliphatic carboxylic acids is 1. The van der Waals surface area contributed by atoms with Crippen molar-refractivity contribution >= 4 is 12.0 Å². The summed E-state index contributed by atoms with van der Waals surface area (Å²) in [5.41, 5.74) is 0. The number of carbonyl (C=O) groups is 2. The van der Waals surface area contributed by atoms with E-state index in [1.807, 2.05) is 43.0 Å². The van der Waals surface area contributed by atoms with Crippen molar-refractivity contribution in [3.63, 3.8) is 0 Å². The number of rotatable bonds is 10. The van der Waals surface area contributed by atoms with Crippen molar-refractivity contribution in [3.8, 4) is 0 Å². The van der Waals surface area contributed by atoms with Gasteiger partial charge in [0, 0.05) is 25.2 Å². The summed E-state index contributed by atoms with van der Waals surface area (Å²) in [5.74, 6) is -0.0587. The van der Waals surface area contributed by atoms with Crippen molar-refractivity contribution in [2.75, 3.05) is 40.3 Å². The molecule has 1 aromatic rings. The topological polar surface area (TPSA) is 89.3 Å². The van der Waals surface area contributed by atoms with Crippen LogP contribution in [0, 0.1) is 0 Å². The molecule has 8 nitrogen and oxygen atoms in total. The molecule has 0 radical (unpaired) electrons. The molecular weight excluding hydrogens is 336 g/mol. The lowest BCUT2D eigenvalue weighted by molar-refractivity contribution is -0.139. The highest BCUT2D eigenvalue weighted by Gasteiger charge is 2.35. The maximum Gasteiger partial charge on any atom is 0.318 e. The Morgan fingerprint density at radius 3 is 2.58 bits per heavy atom. The van der Waals surface area contributed by atoms with Crippen molar-refractivity contribution in [1.29, 1.82) is 0 Å². The van der Waals surface area contributed by atoms with Gasteiger partial charge in [0.2, 0.25) is 0 Å². The van der Waals surface area contributed by atoms with Gasteiger partial charge >= 0.3 is 12.0 Å². The van der Waals surface area contributed by atoms with E-state index >= 15 is 0 Å². The van der Waals surface area contributed by atoms with Gasteiger partial charge in [0.15, 0.2) is 0 Å². The average Bonchev–Trinajstić information content (AvgIpc) is 3.05. The van der Waals surface area contributed by atoms with Crippen LogP contribution in [0.5, 0.6) is 0 Å². The van der Waals surface area contributed by atoms with E-state index in [0.717, 1.165) is 25.1 Å². The van der Waals surface area contributed by atoms with E-state index < -0.39 is 5.97 Å². The molecular formula is C18H30N4O4. The molecule has 0 aromatic carbocycles. The van der Waals surface area contributed by atoms with Gasteiger partial charge in [0.25, 0.3) is 0 Å². The quantitative estimate of drug-likeness (QED) is 0.649. The molecule has 0 spiro atoms. The highest BCUT2D eigenvalue weighted by molar-refractivity contribution is 5.74. The van der Waals surface area contributed by atoms with Crippen LogP contribution in [0.15, 0.2) is 22.8 Å². The molecule has 1 heterocycles. The molecule has 8 heteroatoms. The van der Waals surface area contributed by atoms with E-state index in [-0.39, 0.29) is 24.7 Å². The molecule has 0 unspecified atom stereocenters. The third-order valence-corrected chi connectivity index (χ3v) is 4.73. The largest absolute Gasteiger partial charge is 0.480 e. The van der Waals surface area contributed by atoms with Crippen molar-refractivity contribution in [2.45, 2.75) is 38.4 Å². The molecule has 1 fully saturated rings. The third kappa shape index (κ3) is 6.03. The first kappa shape index (κ1) is 20.3. The lowest BCUT2D eigenvalue weighted by Gasteiger charge is -2.42. The lowest BCUT2D eigenvalue weighted by atomic mass is 9.85. The van der Waals surface area contributed by atoms with Gasteiger partial charge in [0.1, 0.15) is 5.76 Å². The predicted octanol–water partition coefficient (Wildman–Crippen LogP) is 1.29. The van der Waals surface area contributed by atoms with E-state index in [2.05, 4.69) is 5.32 Å². The molecule has 26 heavy (non-hydrogen) atoms. The first-order valence-corrected chi connectivity index (χ1v) is 9.07. The average molecular weight is 366 g/mol. The number of carbonyl (C=O) groups excluding carboxylic acids is 1. The van der Waals surface area contributed by atoms with Crippen molar-refractivity contribution in [2.24, 2.45) is 0 Å². The molecule has 1 aliphatic carbocycles. The monoisotopic (exact) mass is 366 g/mol. The molecule has 0 aliphatic heterocycles. The number of carboxylic acid groups (broad SMARTS) is 1. The Morgan fingerprint density at radius 1 is 1.31 bits per heavy atom. The Bertz CT molecular complexity index is 570. The number of hydrogen-bond donors (Lipinski definition) is 2. The van der Waals surface area contributed by atoms with E-state index in [4.69, 9.17) is 9.52 Å². The Kier molecular flexibility index (Phi) is 7.47. The number of furan rings is 1. The number of amides is 2. The summed E-state index contributed by atoms with van der Waals surface area (Å²) in [6.07, 6.45) is 3.18. The van der Waals surface area contributed by atoms with E-state index in [0.29, 0.717) is 19.6 Å². The van der Waals surface area contributed by atoms with Crippen LogP contribution < -0.4 is 5.32 Å². The first-order valence-electron chi connectivity index (χ1n) is 9.07. The lowest BCUT2D eigenvalue weighted by Crippen LogP contribution is -2.57. The van der Waals surface area contributed by atoms with Crippen LogP contribution >= 0.6 is 0 Å². The molecule has 1 aliphatic rings. The van der Waals surface area contributed by atoms with Gasteiger partial charge in [-0.25, -0.2) is 4.79 Å². The van der Waals surface area contributed by atoms with E-state index in [1.165, 1.54) is 0 Å². The van der Waals surface area contributed by atoms with Gasteiger partial charge in [0.05, 0.1) is 19.4 Å². The van der Waals surface area contributed by atoms with Gasteiger partial charge in [-0.3, -0.25) is 9.69 Å².